The van der Waals surface area contributed by atoms with Gasteiger partial charge in [0.1, 0.15) is 38.6 Å². The van der Waals surface area contributed by atoms with Gasteiger partial charge in [-0.3, -0.25) is 0 Å². The van der Waals surface area contributed by atoms with Gasteiger partial charge in [-0.25, -0.2) is 19.2 Å². The lowest BCUT2D eigenvalue weighted by molar-refractivity contribution is -0.143. The summed E-state index contributed by atoms with van der Waals surface area (Å²) in [6, 6.07) is 0. The molecule has 0 aromatic heterocycles. The largest absolute Gasteiger partial charge is 0.459 e. The maximum Gasteiger partial charge on any atom is 0.340 e. The SMILES string of the molecule is C=C(C)C(=O)OCC(O)COC(=O)c1c(Br)c(Br)c(Br)c(Br)c1C(=O)OCC(O)COC(=O)C(=C)C. The van der Waals surface area contributed by atoms with E-state index in [1.54, 1.807) is 0 Å². The van der Waals surface area contributed by atoms with E-state index in [4.69, 9.17) is 18.9 Å². The van der Waals surface area contributed by atoms with Gasteiger partial charge in [-0.15, -0.1) is 0 Å². The average Bonchev–Trinajstić information content (AvgIpc) is 2.82. The monoisotopic (exact) mass is 762 g/mol. The Balaban J connectivity index is 3.01. The van der Waals surface area contributed by atoms with Crippen LogP contribution in [0.5, 0.6) is 0 Å². The lowest BCUT2D eigenvalue weighted by atomic mass is 10.1. The van der Waals surface area contributed by atoms with Crippen LogP contribution in [-0.4, -0.2) is 72.7 Å². The quantitative estimate of drug-likeness (QED) is 0.105. The molecule has 2 atom stereocenters. The normalized spacial score (nSPS) is 12.2. The first-order chi connectivity index (χ1) is 16.7. The van der Waals surface area contributed by atoms with Crippen molar-refractivity contribution >= 4 is 87.6 Å². The van der Waals surface area contributed by atoms with Crippen molar-refractivity contribution in [2.24, 2.45) is 0 Å². The zero-order chi connectivity index (χ0) is 27.7. The highest BCUT2D eigenvalue weighted by Gasteiger charge is 2.31. The fourth-order valence-corrected chi connectivity index (χ4v) is 4.63. The number of hydrogen-bond acceptors (Lipinski definition) is 10. The molecule has 0 bridgehead atoms. The number of carbonyl (C=O) groups is 4. The van der Waals surface area contributed by atoms with Crippen molar-refractivity contribution in [1.82, 2.24) is 0 Å². The molecule has 0 saturated carbocycles. The number of halogens is 4. The van der Waals surface area contributed by atoms with Crippen molar-refractivity contribution in [2.45, 2.75) is 26.1 Å². The van der Waals surface area contributed by atoms with Gasteiger partial charge in [0.2, 0.25) is 0 Å². The van der Waals surface area contributed by atoms with E-state index >= 15 is 0 Å². The molecule has 2 N–H and O–H groups in total. The molecule has 0 amide bonds. The second kappa shape index (κ2) is 15.0. The summed E-state index contributed by atoms with van der Waals surface area (Å²) in [4.78, 5) is 48.6. The highest BCUT2D eigenvalue weighted by molar-refractivity contribution is 9.15. The van der Waals surface area contributed by atoms with Gasteiger partial charge in [0, 0.05) is 29.0 Å². The summed E-state index contributed by atoms with van der Waals surface area (Å²) in [7, 11) is 0. The van der Waals surface area contributed by atoms with Gasteiger partial charge >= 0.3 is 23.9 Å². The van der Waals surface area contributed by atoms with E-state index in [-0.39, 0.29) is 31.2 Å². The van der Waals surface area contributed by atoms with E-state index in [0.717, 1.165) is 0 Å². The van der Waals surface area contributed by atoms with E-state index in [0.29, 0.717) is 8.95 Å². The smallest absolute Gasteiger partial charge is 0.340 e. The van der Waals surface area contributed by atoms with Crippen molar-refractivity contribution < 1.29 is 48.3 Å². The van der Waals surface area contributed by atoms with Crippen LogP contribution in [0.2, 0.25) is 0 Å². The number of hydrogen-bond donors (Lipinski definition) is 2. The van der Waals surface area contributed by atoms with Crippen LogP contribution in [0.3, 0.4) is 0 Å². The summed E-state index contributed by atoms with van der Waals surface area (Å²) >= 11 is 13.0. The third kappa shape index (κ3) is 9.38. The summed E-state index contributed by atoms with van der Waals surface area (Å²) in [5.74, 6) is -3.45. The molecule has 10 nitrogen and oxygen atoms in total. The molecule has 0 radical (unpaired) electrons. The number of benzene rings is 1. The number of rotatable bonds is 12. The molecule has 0 spiro atoms. The maximum atomic E-state index is 12.9. The Morgan fingerprint density at radius 1 is 0.639 bits per heavy atom. The molecule has 14 heteroatoms. The fraction of sp³-hybridized carbons (Fsp3) is 0.364. The zero-order valence-corrected chi connectivity index (χ0v) is 25.4. The molecule has 1 rings (SSSR count). The molecule has 0 saturated heterocycles. The Bertz CT molecular complexity index is 987. The van der Waals surface area contributed by atoms with Crippen molar-refractivity contribution in [1.29, 1.82) is 0 Å². The van der Waals surface area contributed by atoms with Crippen molar-refractivity contribution in [3.05, 3.63) is 53.3 Å². The predicted molar refractivity (Wildman–Crippen MR) is 141 cm³/mol. The minimum atomic E-state index is -1.34. The van der Waals surface area contributed by atoms with Crippen LogP contribution in [0.15, 0.2) is 42.2 Å². The number of ether oxygens (including phenoxy) is 4. The van der Waals surface area contributed by atoms with Crippen LogP contribution in [0.25, 0.3) is 0 Å². The van der Waals surface area contributed by atoms with Crippen molar-refractivity contribution in [2.75, 3.05) is 26.4 Å². The third-order valence-corrected chi connectivity index (χ3v) is 8.77. The van der Waals surface area contributed by atoms with Crippen LogP contribution in [0.4, 0.5) is 0 Å². The van der Waals surface area contributed by atoms with Gasteiger partial charge in [-0.1, -0.05) is 13.2 Å². The summed E-state index contributed by atoms with van der Waals surface area (Å²) in [6.45, 7) is 7.69. The van der Waals surface area contributed by atoms with Gasteiger partial charge in [-0.05, 0) is 77.6 Å². The van der Waals surface area contributed by atoms with Crippen LogP contribution < -0.4 is 0 Å². The van der Waals surface area contributed by atoms with Crippen LogP contribution >= 0.6 is 63.7 Å². The summed E-state index contributed by atoms with van der Waals surface area (Å²) in [5.41, 5.74) is -0.238. The van der Waals surface area contributed by atoms with E-state index in [1.165, 1.54) is 13.8 Å². The van der Waals surface area contributed by atoms with E-state index in [1.807, 2.05) is 0 Å². The molecule has 0 heterocycles. The molecule has 1 aromatic carbocycles. The highest BCUT2D eigenvalue weighted by atomic mass is 79.9. The molecule has 1 aromatic rings. The van der Waals surface area contributed by atoms with E-state index in [9.17, 15) is 29.4 Å². The molecular formula is C22H22Br4O10. The minimum absolute atomic E-state index is 0.133. The molecule has 36 heavy (non-hydrogen) atoms. The van der Waals surface area contributed by atoms with Crippen molar-refractivity contribution in [3.8, 4) is 0 Å². The lowest BCUT2D eigenvalue weighted by Gasteiger charge is -2.18. The molecule has 0 aliphatic rings. The van der Waals surface area contributed by atoms with Crippen LogP contribution in [0, 0.1) is 0 Å². The first kappa shape index (κ1) is 32.4. The number of carbonyl (C=O) groups excluding carboxylic acids is 4. The van der Waals surface area contributed by atoms with Crippen molar-refractivity contribution in [3.63, 3.8) is 0 Å². The highest BCUT2D eigenvalue weighted by Crippen LogP contribution is 2.42. The van der Waals surface area contributed by atoms with Crippen LogP contribution in [0.1, 0.15) is 34.6 Å². The molecule has 198 valence electrons. The maximum absolute atomic E-state index is 12.9. The van der Waals surface area contributed by atoms with Gasteiger partial charge in [0.15, 0.2) is 0 Å². The fourth-order valence-electron chi connectivity index (χ4n) is 2.19. The second-order valence-electron chi connectivity index (χ2n) is 7.27. The van der Waals surface area contributed by atoms with Gasteiger partial charge in [0.05, 0.1) is 11.1 Å². The summed E-state index contributed by atoms with van der Waals surface area (Å²) in [6.07, 6.45) is -2.68. The molecule has 0 aliphatic carbocycles. The van der Waals surface area contributed by atoms with Gasteiger partial charge in [0.25, 0.3) is 0 Å². The number of esters is 4. The summed E-state index contributed by atoms with van der Waals surface area (Å²) in [5, 5.41) is 19.9. The molecule has 0 fully saturated rings. The van der Waals surface area contributed by atoms with E-state index in [2.05, 4.69) is 76.9 Å². The topological polar surface area (TPSA) is 146 Å². The lowest BCUT2D eigenvalue weighted by Crippen LogP contribution is -2.28. The average molecular weight is 766 g/mol. The van der Waals surface area contributed by atoms with E-state index < -0.39 is 62.5 Å². The first-order valence-electron chi connectivity index (χ1n) is 9.90. The first-order valence-corrected chi connectivity index (χ1v) is 13.1. The zero-order valence-electron chi connectivity index (χ0n) is 19.1. The van der Waals surface area contributed by atoms with Gasteiger partial charge in [-0.2, -0.15) is 0 Å². The Hall–Kier alpha value is -1.58. The Labute approximate surface area is 240 Å². The third-order valence-electron chi connectivity index (χ3n) is 4.00. The molecule has 2 unspecified atom stereocenters. The summed E-state index contributed by atoms with van der Waals surface area (Å²) < 4.78 is 20.8. The number of aliphatic hydroxyl groups is 2. The number of aliphatic hydroxyl groups excluding tert-OH is 2. The van der Waals surface area contributed by atoms with Crippen LogP contribution in [-0.2, 0) is 28.5 Å². The Morgan fingerprint density at radius 3 is 1.19 bits per heavy atom. The standard InChI is InChI=1S/C22H22Br4O10/c1-9(2)19(29)33-5-11(27)7-35-21(31)13-14(16(24)18(26)17(25)15(13)23)22(32)36-8-12(28)6-34-20(30)10(3)4/h11-12,27-28H,1,3,5-8H2,2,4H3. The Kier molecular flexibility index (Phi) is 13.5. The molecular weight excluding hydrogens is 744 g/mol. The molecule has 0 aliphatic heterocycles. The van der Waals surface area contributed by atoms with Gasteiger partial charge < -0.3 is 29.2 Å². The second-order valence-corrected chi connectivity index (χ2v) is 10.4. The predicted octanol–water partition coefficient (Wildman–Crippen LogP) is 4.01. The Morgan fingerprint density at radius 2 is 0.917 bits per heavy atom. The minimum Gasteiger partial charge on any atom is -0.459 e.